The maximum Gasteiger partial charge on any atom is 0.263 e. The van der Waals surface area contributed by atoms with Crippen LogP contribution < -0.4 is 5.32 Å². The number of halogens is 2. The molecule has 2 aromatic carbocycles. The highest BCUT2D eigenvalue weighted by Crippen LogP contribution is 2.35. The molecule has 5 nitrogen and oxygen atoms in total. The summed E-state index contributed by atoms with van der Waals surface area (Å²) in [6, 6.07) is 12.0. The summed E-state index contributed by atoms with van der Waals surface area (Å²) < 4.78 is 26.1. The van der Waals surface area contributed by atoms with Gasteiger partial charge in [-0.05, 0) is 56.1 Å². The summed E-state index contributed by atoms with van der Waals surface area (Å²) in [5, 5.41) is 23.7. The Kier molecular flexibility index (Phi) is 5.66. The third kappa shape index (κ3) is 4.13. The van der Waals surface area contributed by atoms with E-state index in [1.165, 1.54) is 12.1 Å². The molecule has 30 heavy (non-hydrogen) atoms. The molecule has 1 aromatic heterocycles. The Bertz CT molecular complexity index is 1030. The number of fused-ring (bicyclic) bond motifs is 1. The zero-order valence-electron chi connectivity index (χ0n) is 17.1. The highest BCUT2D eigenvalue weighted by atomic mass is 19.3. The van der Waals surface area contributed by atoms with E-state index in [1.54, 1.807) is 12.3 Å². The number of aromatic nitrogens is 2. The van der Waals surface area contributed by atoms with Crippen LogP contribution in [0.1, 0.15) is 48.9 Å². The molecule has 1 saturated heterocycles. The summed E-state index contributed by atoms with van der Waals surface area (Å²) in [6.45, 7) is 3.60. The number of nitrogens with one attached hydrogen (secondary N) is 1. The quantitative estimate of drug-likeness (QED) is 0.639. The first-order valence-electron chi connectivity index (χ1n) is 10.2. The Balaban J connectivity index is 1.65. The Labute approximate surface area is 174 Å². The van der Waals surface area contributed by atoms with Crippen molar-refractivity contribution in [3.05, 3.63) is 65.4 Å². The molecule has 7 heteroatoms. The fraction of sp³-hybridized carbons (Fsp3) is 0.391. The van der Waals surface area contributed by atoms with E-state index in [4.69, 9.17) is 0 Å². The fourth-order valence-corrected chi connectivity index (χ4v) is 4.02. The average molecular weight is 412 g/mol. The smallest absolute Gasteiger partial charge is 0.263 e. The van der Waals surface area contributed by atoms with Crippen molar-refractivity contribution in [3.63, 3.8) is 0 Å². The van der Waals surface area contributed by atoms with Gasteiger partial charge in [0.05, 0.1) is 23.0 Å². The van der Waals surface area contributed by atoms with E-state index in [2.05, 4.69) is 27.5 Å². The van der Waals surface area contributed by atoms with Crippen LogP contribution >= 0.6 is 0 Å². The lowest BCUT2D eigenvalue weighted by atomic mass is 9.84. The van der Waals surface area contributed by atoms with Crippen LogP contribution in [0.15, 0.2) is 48.7 Å². The van der Waals surface area contributed by atoms with E-state index in [0.29, 0.717) is 18.4 Å². The molecule has 1 atom stereocenters. The van der Waals surface area contributed by atoms with E-state index < -0.39 is 12.0 Å². The summed E-state index contributed by atoms with van der Waals surface area (Å²) in [6.07, 6.45) is 0.483. The molecule has 2 heterocycles. The Morgan fingerprint density at radius 1 is 1.10 bits per heavy atom. The van der Waals surface area contributed by atoms with Gasteiger partial charge in [-0.2, -0.15) is 10.2 Å². The first-order chi connectivity index (χ1) is 14.4. The second-order valence-electron chi connectivity index (χ2n) is 8.16. The summed E-state index contributed by atoms with van der Waals surface area (Å²) in [7, 11) is 2.06. The van der Waals surface area contributed by atoms with Crippen molar-refractivity contribution in [2.24, 2.45) is 0 Å². The predicted octanol–water partition coefficient (Wildman–Crippen LogP) is 4.65. The normalized spacial score (nSPS) is 17.9. The van der Waals surface area contributed by atoms with Gasteiger partial charge >= 0.3 is 0 Å². The molecule has 0 bridgehead atoms. The van der Waals surface area contributed by atoms with Crippen molar-refractivity contribution < 1.29 is 13.9 Å². The number of benzene rings is 2. The number of rotatable bonds is 5. The van der Waals surface area contributed by atoms with Gasteiger partial charge in [-0.3, -0.25) is 0 Å². The largest absolute Gasteiger partial charge is 0.385 e. The number of aliphatic hydroxyl groups is 1. The highest BCUT2D eigenvalue weighted by molar-refractivity contribution is 5.91. The highest BCUT2D eigenvalue weighted by Gasteiger charge is 2.33. The predicted molar refractivity (Wildman–Crippen MR) is 114 cm³/mol. The van der Waals surface area contributed by atoms with Crippen molar-refractivity contribution in [1.82, 2.24) is 15.1 Å². The van der Waals surface area contributed by atoms with E-state index in [0.717, 1.165) is 35.3 Å². The molecular formula is C23H26F2N4O. The number of alkyl halides is 2. The molecule has 3 aromatic rings. The fourth-order valence-electron chi connectivity index (χ4n) is 4.02. The second kappa shape index (κ2) is 8.24. The molecule has 0 amide bonds. The van der Waals surface area contributed by atoms with Gasteiger partial charge in [0.25, 0.3) is 6.43 Å². The van der Waals surface area contributed by atoms with Gasteiger partial charge in [0, 0.05) is 30.1 Å². The van der Waals surface area contributed by atoms with Crippen LogP contribution in [-0.2, 0) is 5.60 Å². The monoisotopic (exact) mass is 412 g/mol. The molecule has 1 aliphatic rings. The molecule has 1 aliphatic heterocycles. The van der Waals surface area contributed by atoms with Gasteiger partial charge in [-0.1, -0.05) is 24.3 Å². The Hall–Kier alpha value is -2.64. The number of likely N-dealkylation sites (tertiary alicyclic amines) is 1. The first kappa shape index (κ1) is 20.6. The van der Waals surface area contributed by atoms with Crippen LogP contribution in [0.3, 0.4) is 0 Å². The van der Waals surface area contributed by atoms with E-state index in [9.17, 15) is 13.9 Å². The third-order valence-electron chi connectivity index (χ3n) is 6.03. The lowest BCUT2D eigenvalue weighted by Gasteiger charge is -2.37. The molecule has 0 unspecified atom stereocenters. The van der Waals surface area contributed by atoms with Gasteiger partial charge in [0.2, 0.25) is 0 Å². The van der Waals surface area contributed by atoms with Gasteiger partial charge < -0.3 is 15.3 Å². The van der Waals surface area contributed by atoms with Crippen LogP contribution in [0.4, 0.5) is 14.5 Å². The maximum absolute atomic E-state index is 13.1. The molecule has 0 spiro atoms. The molecule has 1 fully saturated rings. The van der Waals surface area contributed by atoms with Crippen LogP contribution in [0.5, 0.6) is 0 Å². The Morgan fingerprint density at radius 3 is 2.57 bits per heavy atom. The molecule has 2 N–H and O–H groups in total. The minimum Gasteiger partial charge on any atom is -0.385 e. The lowest BCUT2D eigenvalue weighted by Crippen LogP contribution is -2.40. The summed E-state index contributed by atoms with van der Waals surface area (Å²) in [5.74, 6) is 0. The molecule has 0 radical (unpaired) electrons. The minimum absolute atomic E-state index is 0.00522. The minimum atomic E-state index is -2.50. The topological polar surface area (TPSA) is 61.3 Å². The molecular weight excluding hydrogens is 386 g/mol. The van der Waals surface area contributed by atoms with Gasteiger partial charge in [-0.25, -0.2) is 8.78 Å². The van der Waals surface area contributed by atoms with Crippen molar-refractivity contribution in [2.75, 3.05) is 25.5 Å². The number of nitrogens with zero attached hydrogens (tertiary/aromatic N) is 3. The van der Waals surface area contributed by atoms with Crippen molar-refractivity contribution in [2.45, 2.75) is 37.8 Å². The standard InChI is InChI=1S/C23H26F2N4O/c1-15(16-4-3-5-17(12-16)22(24)25)27-21-14-26-28-20-7-6-18(13-19(20)21)23(30)8-10-29(2)11-9-23/h3-7,12-15,22,30H,8-11H2,1-2H3,(H,27,28)/t15-/m1/s1. The van der Waals surface area contributed by atoms with E-state index >= 15 is 0 Å². The zero-order valence-corrected chi connectivity index (χ0v) is 17.1. The van der Waals surface area contributed by atoms with Crippen molar-refractivity contribution in [3.8, 4) is 0 Å². The number of piperidine rings is 1. The van der Waals surface area contributed by atoms with Crippen LogP contribution in [-0.4, -0.2) is 40.3 Å². The van der Waals surface area contributed by atoms with Gasteiger partial charge in [-0.15, -0.1) is 0 Å². The number of anilines is 1. The van der Waals surface area contributed by atoms with E-state index in [1.807, 2.05) is 31.2 Å². The number of hydrogen-bond donors (Lipinski definition) is 2. The van der Waals surface area contributed by atoms with Gasteiger partial charge in [0.1, 0.15) is 0 Å². The Morgan fingerprint density at radius 2 is 1.83 bits per heavy atom. The number of hydrogen-bond acceptors (Lipinski definition) is 5. The van der Waals surface area contributed by atoms with Crippen LogP contribution in [0, 0.1) is 0 Å². The maximum atomic E-state index is 13.1. The van der Waals surface area contributed by atoms with Crippen molar-refractivity contribution in [1.29, 1.82) is 0 Å². The summed E-state index contributed by atoms with van der Waals surface area (Å²) in [4.78, 5) is 2.21. The lowest BCUT2D eigenvalue weighted by molar-refractivity contribution is -0.0202. The summed E-state index contributed by atoms with van der Waals surface area (Å²) in [5.41, 5.74) is 2.25. The van der Waals surface area contributed by atoms with Crippen LogP contribution in [0.25, 0.3) is 10.9 Å². The van der Waals surface area contributed by atoms with Crippen molar-refractivity contribution >= 4 is 16.6 Å². The van der Waals surface area contributed by atoms with Crippen LogP contribution in [0.2, 0.25) is 0 Å². The van der Waals surface area contributed by atoms with Gasteiger partial charge in [0.15, 0.2) is 0 Å². The SMILES string of the molecule is C[C@@H](Nc1cnnc2ccc(C3(O)CCN(C)CC3)cc12)c1cccc(C(F)F)c1. The first-order valence-corrected chi connectivity index (χ1v) is 10.2. The average Bonchev–Trinajstić information content (AvgIpc) is 2.76. The molecule has 0 saturated carbocycles. The van der Waals surface area contributed by atoms with E-state index in [-0.39, 0.29) is 11.6 Å². The molecule has 0 aliphatic carbocycles. The molecule has 4 rings (SSSR count). The second-order valence-corrected chi connectivity index (χ2v) is 8.16. The third-order valence-corrected chi connectivity index (χ3v) is 6.03. The molecule has 158 valence electrons. The zero-order chi connectivity index (χ0) is 21.3. The summed E-state index contributed by atoms with van der Waals surface area (Å²) >= 11 is 0.